The maximum absolute atomic E-state index is 12.7. The number of thiazole rings is 1. The zero-order chi connectivity index (χ0) is 19.5. The second-order valence-electron chi connectivity index (χ2n) is 7.47. The number of aromatic hydroxyl groups is 1. The summed E-state index contributed by atoms with van der Waals surface area (Å²) >= 11 is 1.65. The first-order valence-corrected chi connectivity index (χ1v) is 10.5. The Morgan fingerprint density at radius 2 is 1.89 bits per heavy atom. The largest absolute Gasteiger partial charge is 0.508 e. The monoisotopic (exact) mass is 395 g/mol. The molecule has 6 heteroatoms. The number of hydrogen-bond donors (Lipinski definition) is 1. The van der Waals surface area contributed by atoms with E-state index in [4.69, 9.17) is 0 Å². The van der Waals surface area contributed by atoms with Crippen LogP contribution in [0.3, 0.4) is 0 Å². The zero-order valence-electron chi connectivity index (χ0n) is 16.0. The van der Waals surface area contributed by atoms with Crippen LogP contribution in [0, 0.1) is 0 Å². The molecule has 1 aliphatic rings. The number of piperidine rings is 1. The van der Waals surface area contributed by atoms with Crippen molar-refractivity contribution >= 4 is 27.5 Å². The van der Waals surface area contributed by atoms with Crippen LogP contribution in [0.1, 0.15) is 29.3 Å². The molecule has 0 unspecified atom stereocenters. The van der Waals surface area contributed by atoms with E-state index in [9.17, 15) is 9.90 Å². The lowest BCUT2D eigenvalue weighted by Gasteiger charge is -2.32. The summed E-state index contributed by atoms with van der Waals surface area (Å²) in [7, 11) is 1.86. The number of likely N-dealkylation sites (tertiary alicyclic amines) is 1. The molecule has 0 spiro atoms. The lowest BCUT2D eigenvalue weighted by atomic mass is 9.89. The van der Waals surface area contributed by atoms with Crippen molar-refractivity contribution in [2.45, 2.75) is 25.3 Å². The average Bonchev–Trinajstić information content (AvgIpc) is 3.11. The molecule has 1 fully saturated rings. The minimum atomic E-state index is 0.141. The molecule has 0 aliphatic carbocycles. The van der Waals surface area contributed by atoms with Gasteiger partial charge in [-0.1, -0.05) is 24.3 Å². The van der Waals surface area contributed by atoms with Crippen molar-refractivity contribution in [3.63, 3.8) is 0 Å². The zero-order valence-corrected chi connectivity index (χ0v) is 16.9. The normalized spacial score (nSPS) is 15.8. The number of likely N-dealkylation sites (N-methyl/N-ethyl adjacent to an activating group) is 1. The molecule has 1 saturated heterocycles. The van der Waals surface area contributed by atoms with Crippen molar-refractivity contribution in [3.8, 4) is 5.75 Å². The van der Waals surface area contributed by atoms with Gasteiger partial charge in [0.1, 0.15) is 10.8 Å². The Balaban J connectivity index is 1.28. The van der Waals surface area contributed by atoms with Crippen molar-refractivity contribution < 1.29 is 9.90 Å². The fourth-order valence-electron chi connectivity index (χ4n) is 3.76. The second-order valence-corrected chi connectivity index (χ2v) is 8.58. The van der Waals surface area contributed by atoms with Crippen LogP contribution in [0.2, 0.25) is 0 Å². The van der Waals surface area contributed by atoms with Crippen molar-refractivity contribution in [1.29, 1.82) is 0 Å². The highest BCUT2D eigenvalue weighted by Gasteiger charge is 2.23. The first-order chi connectivity index (χ1) is 13.6. The molecule has 28 heavy (non-hydrogen) atoms. The standard InChI is InChI=1S/C22H25N3O2S/c1-24(14-21-23-19-4-2-3-5-20(19)28-21)22(27)15-25-12-10-17(11-13-25)16-6-8-18(26)9-7-16/h2-9,17,26H,10-15H2,1H3. The lowest BCUT2D eigenvalue weighted by molar-refractivity contribution is -0.131. The highest BCUT2D eigenvalue weighted by molar-refractivity contribution is 7.18. The van der Waals surface area contributed by atoms with Crippen LogP contribution < -0.4 is 0 Å². The molecule has 2 heterocycles. The van der Waals surface area contributed by atoms with Gasteiger partial charge in [-0.2, -0.15) is 0 Å². The number of phenolic OH excluding ortho intramolecular Hbond substituents is 1. The van der Waals surface area contributed by atoms with Gasteiger partial charge in [-0.15, -0.1) is 11.3 Å². The molecule has 1 amide bonds. The first-order valence-electron chi connectivity index (χ1n) is 9.68. The molecular weight excluding hydrogens is 370 g/mol. The van der Waals surface area contributed by atoms with E-state index in [1.807, 2.05) is 37.4 Å². The molecule has 0 radical (unpaired) electrons. The fourth-order valence-corrected chi connectivity index (χ4v) is 4.78. The van der Waals surface area contributed by atoms with Gasteiger partial charge in [0.2, 0.25) is 5.91 Å². The number of nitrogens with zero attached hydrogens (tertiary/aromatic N) is 3. The minimum absolute atomic E-state index is 0.141. The summed E-state index contributed by atoms with van der Waals surface area (Å²) in [6, 6.07) is 15.6. The first kappa shape index (κ1) is 18.9. The van der Waals surface area contributed by atoms with Gasteiger partial charge in [0.15, 0.2) is 0 Å². The molecule has 4 rings (SSSR count). The molecule has 1 aromatic heterocycles. The summed E-state index contributed by atoms with van der Waals surface area (Å²) in [5, 5.41) is 10.4. The molecule has 146 valence electrons. The van der Waals surface area contributed by atoms with Crippen LogP contribution in [0.25, 0.3) is 10.2 Å². The molecule has 1 N–H and O–H groups in total. The number of amides is 1. The molecular formula is C22H25N3O2S. The van der Waals surface area contributed by atoms with E-state index in [0.717, 1.165) is 41.2 Å². The van der Waals surface area contributed by atoms with Gasteiger partial charge in [-0.3, -0.25) is 9.69 Å². The van der Waals surface area contributed by atoms with Crippen molar-refractivity contribution in [3.05, 3.63) is 59.1 Å². The predicted octanol–water partition coefficient (Wildman–Crippen LogP) is 3.84. The second kappa shape index (κ2) is 8.29. The Labute approximate surface area is 169 Å². The van der Waals surface area contributed by atoms with Gasteiger partial charge >= 0.3 is 0 Å². The van der Waals surface area contributed by atoms with E-state index >= 15 is 0 Å². The van der Waals surface area contributed by atoms with Gasteiger partial charge in [0.05, 0.1) is 23.3 Å². The summed E-state index contributed by atoms with van der Waals surface area (Å²) in [6.07, 6.45) is 2.08. The van der Waals surface area contributed by atoms with Crippen LogP contribution in [-0.2, 0) is 11.3 Å². The molecule has 2 aromatic carbocycles. The lowest BCUT2D eigenvalue weighted by Crippen LogP contribution is -2.41. The number of carbonyl (C=O) groups excluding carboxylic acids is 1. The minimum Gasteiger partial charge on any atom is -0.508 e. The van der Waals surface area contributed by atoms with Gasteiger partial charge in [0.25, 0.3) is 0 Å². The van der Waals surface area contributed by atoms with E-state index in [-0.39, 0.29) is 5.91 Å². The topological polar surface area (TPSA) is 56.7 Å². The van der Waals surface area contributed by atoms with Crippen LogP contribution in [0.15, 0.2) is 48.5 Å². The highest BCUT2D eigenvalue weighted by Crippen LogP contribution is 2.29. The Hall–Kier alpha value is -2.44. The van der Waals surface area contributed by atoms with E-state index in [0.29, 0.717) is 24.8 Å². The van der Waals surface area contributed by atoms with Crippen LogP contribution in [0.4, 0.5) is 0 Å². The maximum atomic E-state index is 12.7. The fraction of sp³-hybridized carbons (Fsp3) is 0.364. The summed E-state index contributed by atoms with van der Waals surface area (Å²) in [6.45, 7) is 2.87. The van der Waals surface area contributed by atoms with E-state index in [1.165, 1.54) is 5.56 Å². The SMILES string of the molecule is CN(Cc1nc2ccccc2s1)C(=O)CN1CCC(c2ccc(O)cc2)CC1. The van der Waals surface area contributed by atoms with Gasteiger partial charge < -0.3 is 10.0 Å². The molecule has 0 atom stereocenters. The number of fused-ring (bicyclic) bond motifs is 1. The third-order valence-electron chi connectivity index (χ3n) is 5.45. The Kier molecular flexibility index (Phi) is 5.59. The van der Waals surface area contributed by atoms with Crippen LogP contribution >= 0.6 is 11.3 Å². The maximum Gasteiger partial charge on any atom is 0.236 e. The van der Waals surface area contributed by atoms with E-state index < -0.39 is 0 Å². The summed E-state index contributed by atoms with van der Waals surface area (Å²) < 4.78 is 1.16. The van der Waals surface area contributed by atoms with Crippen LogP contribution in [-0.4, -0.2) is 52.5 Å². The predicted molar refractivity (Wildman–Crippen MR) is 113 cm³/mol. The summed E-state index contributed by atoms with van der Waals surface area (Å²) in [4.78, 5) is 21.3. The van der Waals surface area contributed by atoms with Crippen molar-refractivity contribution in [2.24, 2.45) is 0 Å². The Morgan fingerprint density at radius 1 is 1.18 bits per heavy atom. The third-order valence-corrected chi connectivity index (χ3v) is 6.47. The van der Waals surface area contributed by atoms with Gasteiger partial charge in [-0.05, 0) is 61.7 Å². The quantitative estimate of drug-likeness (QED) is 0.713. The number of phenols is 1. The average molecular weight is 396 g/mol. The number of carbonyl (C=O) groups is 1. The van der Waals surface area contributed by atoms with Crippen molar-refractivity contribution in [2.75, 3.05) is 26.7 Å². The Bertz CT molecular complexity index is 913. The molecule has 0 bridgehead atoms. The summed E-state index contributed by atoms with van der Waals surface area (Å²) in [5.74, 6) is 0.956. The highest BCUT2D eigenvalue weighted by atomic mass is 32.1. The number of hydrogen-bond acceptors (Lipinski definition) is 5. The smallest absolute Gasteiger partial charge is 0.236 e. The summed E-state index contributed by atoms with van der Waals surface area (Å²) in [5.41, 5.74) is 2.27. The van der Waals surface area contributed by atoms with Crippen LogP contribution in [0.5, 0.6) is 5.75 Å². The van der Waals surface area contributed by atoms with E-state index in [2.05, 4.69) is 16.0 Å². The number of para-hydroxylation sites is 1. The van der Waals surface area contributed by atoms with Gasteiger partial charge in [0, 0.05) is 7.05 Å². The van der Waals surface area contributed by atoms with E-state index in [1.54, 1.807) is 28.4 Å². The number of benzene rings is 2. The third kappa shape index (κ3) is 4.34. The molecule has 1 aliphatic heterocycles. The number of rotatable bonds is 5. The van der Waals surface area contributed by atoms with Gasteiger partial charge in [-0.25, -0.2) is 4.98 Å². The molecule has 0 saturated carbocycles. The Morgan fingerprint density at radius 3 is 2.61 bits per heavy atom. The number of aromatic nitrogens is 1. The molecule has 5 nitrogen and oxygen atoms in total. The van der Waals surface area contributed by atoms with Crippen molar-refractivity contribution in [1.82, 2.24) is 14.8 Å². The molecule has 3 aromatic rings.